The van der Waals surface area contributed by atoms with E-state index in [1.54, 1.807) is 27.7 Å². The molecule has 0 saturated carbocycles. The Hall–Kier alpha value is -1.14. The quantitative estimate of drug-likeness (QED) is 0.459. The molecule has 0 aliphatic rings. The SMILES string of the molecule is CC(C)(CO)NC(=O)CC(=O)NC(C)(C)CO. The van der Waals surface area contributed by atoms with E-state index in [1.165, 1.54) is 0 Å². The van der Waals surface area contributed by atoms with Gasteiger partial charge in [0.2, 0.25) is 11.8 Å². The first-order chi connectivity index (χ1) is 7.62. The molecule has 100 valence electrons. The van der Waals surface area contributed by atoms with Crippen molar-refractivity contribution in [3.63, 3.8) is 0 Å². The minimum Gasteiger partial charge on any atom is -0.394 e. The van der Waals surface area contributed by atoms with E-state index in [0.717, 1.165) is 0 Å². The highest BCUT2D eigenvalue weighted by molar-refractivity contribution is 5.97. The van der Waals surface area contributed by atoms with Gasteiger partial charge in [-0.1, -0.05) is 0 Å². The van der Waals surface area contributed by atoms with Crippen molar-refractivity contribution in [1.82, 2.24) is 10.6 Å². The summed E-state index contributed by atoms with van der Waals surface area (Å²) < 4.78 is 0. The van der Waals surface area contributed by atoms with Gasteiger partial charge in [-0.15, -0.1) is 0 Å². The number of aliphatic hydroxyl groups is 2. The van der Waals surface area contributed by atoms with Crippen molar-refractivity contribution in [3.8, 4) is 0 Å². The zero-order chi connectivity index (χ0) is 13.7. The Morgan fingerprint density at radius 1 is 0.882 bits per heavy atom. The van der Waals surface area contributed by atoms with Crippen molar-refractivity contribution in [2.75, 3.05) is 13.2 Å². The summed E-state index contributed by atoms with van der Waals surface area (Å²) in [6.07, 6.45) is -0.327. The second kappa shape index (κ2) is 5.97. The highest BCUT2D eigenvalue weighted by Crippen LogP contribution is 2.02. The second-order valence-corrected chi connectivity index (χ2v) is 5.36. The predicted molar refractivity (Wildman–Crippen MR) is 63.2 cm³/mol. The summed E-state index contributed by atoms with van der Waals surface area (Å²) in [6.45, 7) is 6.20. The average Bonchev–Trinajstić information content (AvgIpc) is 2.15. The fourth-order valence-electron chi connectivity index (χ4n) is 1.07. The zero-order valence-electron chi connectivity index (χ0n) is 10.8. The zero-order valence-corrected chi connectivity index (χ0v) is 10.8. The lowest BCUT2D eigenvalue weighted by Crippen LogP contribution is -2.50. The van der Waals surface area contributed by atoms with Crippen molar-refractivity contribution in [2.24, 2.45) is 0 Å². The Morgan fingerprint density at radius 3 is 1.41 bits per heavy atom. The summed E-state index contributed by atoms with van der Waals surface area (Å²) >= 11 is 0. The number of hydrogen-bond donors (Lipinski definition) is 4. The first-order valence-corrected chi connectivity index (χ1v) is 5.45. The largest absolute Gasteiger partial charge is 0.394 e. The lowest BCUT2D eigenvalue weighted by molar-refractivity contribution is -0.131. The fourth-order valence-corrected chi connectivity index (χ4v) is 1.07. The first-order valence-electron chi connectivity index (χ1n) is 5.45. The summed E-state index contributed by atoms with van der Waals surface area (Å²) in [7, 11) is 0. The smallest absolute Gasteiger partial charge is 0.229 e. The van der Waals surface area contributed by atoms with Crippen LogP contribution in [0.5, 0.6) is 0 Å². The van der Waals surface area contributed by atoms with Gasteiger partial charge in [-0.2, -0.15) is 0 Å². The molecule has 0 aliphatic carbocycles. The molecular formula is C11H22N2O4. The molecule has 0 fully saturated rings. The van der Waals surface area contributed by atoms with E-state index in [-0.39, 0.29) is 19.6 Å². The van der Waals surface area contributed by atoms with Gasteiger partial charge in [-0.05, 0) is 27.7 Å². The van der Waals surface area contributed by atoms with Crippen LogP contribution in [0.2, 0.25) is 0 Å². The second-order valence-electron chi connectivity index (χ2n) is 5.36. The minimum atomic E-state index is -0.746. The van der Waals surface area contributed by atoms with E-state index in [0.29, 0.717) is 0 Å². The Morgan fingerprint density at radius 2 is 1.18 bits per heavy atom. The third kappa shape index (κ3) is 6.91. The molecule has 6 nitrogen and oxygen atoms in total. The van der Waals surface area contributed by atoms with Gasteiger partial charge in [0, 0.05) is 0 Å². The number of nitrogens with one attached hydrogen (secondary N) is 2. The summed E-state index contributed by atoms with van der Waals surface area (Å²) in [4.78, 5) is 22.9. The van der Waals surface area contributed by atoms with Crippen LogP contribution in [0, 0.1) is 0 Å². The molecule has 4 N–H and O–H groups in total. The normalized spacial score (nSPS) is 12.1. The molecule has 0 saturated heterocycles. The molecule has 6 heteroatoms. The van der Waals surface area contributed by atoms with Crippen molar-refractivity contribution in [1.29, 1.82) is 0 Å². The third-order valence-corrected chi connectivity index (χ3v) is 2.07. The molecule has 2 amide bonds. The van der Waals surface area contributed by atoms with Gasteiger partial charge in [0.1, 0.15) is 6.42 Å². The Labute approximate surface area is 101 Å². The maximum Gasteiger partial charge on any atom is 0.229 e. The fraction of sp³-hybridized carbons (Fsp3) is 0.818. The maximum atomic E-state index is 11.5. The third-order valence-electron chi connectivity index (χ3n) is 2.07. The summed E-state index contributed by atoms with van der Waals surface area (Å²) in [6, 6.07) is 0. The molecule has 0 spiro atoms. The molecular weight excluding hydrogens is 224 g/mol. The van der Waals surface area contributed by atoms with Crippen LogP contribution in [0.15, 0.2) is 0 Å². The standard InChI is InChI=1S/C11H22N2O4/c1-10(2,6-14)12-8(16)5-9(17)13-11(3,4)7-15/h14-15H,5-7H2,1-4H3,(H,12,16)(H,13,17). The van der Waals surface area contributed by atoms with Gasteiger partial charge in [-0.25, -0.2) is 0 Å². The van der Waals surface area contributed by atoms with Crippen molar-refractivity contribution < 1.29 is 19.8 Å². The number of amides is 2. The van der Waals surface area contributed by atoms with E-state index in [9.17, 15) is 9.59 Å². The molecule has 0 atom stereocenters. The predicted octanol–water partition coefficient (Wildman–Crippen LogP) is -0.849. The van der Waals surface area contributed by atoms with E-state index < -0.39 is 22.9 Å². The Kier molecular flexibility index (Phi) is 5.57. The minimum absolute atomic E-state index is 0.206. The topological polar surface area (TPSA) is 98.7 Å². The molecule has 0 unspecified atom stereocenters. The highest BCUT2D eigenvalue weighted by atomic mass is 16.3. The van der Waals surface area contributed by atoms with Crippen LogP contribution in [0.1, 0.15) is 34.1 Å². The van der Waals surface area contributed by atoms with Crippen LogP contribution in [0.3, 0.4) is 0 Å². The van der Waals surface area contributed by atoms with E-state index in [2.05, 4.69) is 10.6 Å². The van der Waals surface area contributed by atoms with Crippen LogP contribution in [0.25, 0.3) is 0 Å². The van der Waals surface area contributed by atoms with Crippen molar-refractivity contribution in [3.05, 3.63) is 0 Å². The Bertz CT molecular complexity index is 259. The highest BCUT2D eigenvalue weighted by Gasteiger charge is 2.23. The molecule has 0 aromatic rings. The number of aliphatic hydroxyl groups excluding tert-OH is 2. The number of carbonyl (C=O) groups is 2. The van der Waals surface area contributed by atoms with Gasteiger partial charge in [-0.3, -0.25) is 9.59 Å². The van der Waals surface area contributed by atoms with E-state index in [1.807, 2.05) is 0 Å². The summed E-state index contributed by atoms with van der Waals surface area (Å²) in [5, 5.41) is 23.0. The molecule has 17 heavy (non-hydrogen) atoms. The number of hydrogen-bond acceptors (Lipinski definition) is 4. The van der Waals surface area contributed by atoms with E-state index >= 15 is 0 Å². The lowest BCUT2D eigenvalue weighted by Gasteiger charge is -2.25. The molecule has 0 heterocycles. The average molecular weight is 246 g/mol. The summed E-state index contributed by atoms with van der Waals surface area (Å²) in [5.41, 5.74) is -1.49. The van der Waals surface area contributed by atoms with Gasteiger partial charge in [0.15, 0.2) is 0 Å². The van der Waals surface area contributed by atoms with Crippen molar-refractivity contribution >= 4 is 11.8 Å². The molecule has 0 aromatic heterocycles. The van der Waals surface area contributed by atoms with Gasteiger partial charge in [0.05, 0.1) is 24.3 Å². The van der Waals surface area contributed by atoms with Gasteiger partial charge < -0.3 is 20.8 Å². The van der Waals surface area contributed by atoms with E-state index in [4.69, 9.17) is 10.2 Å². The van der Waals surface area contributed by atoms with Gasteiger partial charge >= 0.3 is 0 Å². The van der Waals surface area contributed by atoms with Crippen LogP contribution in [0.4, 0.5) is 0 Å². The van der Waals surface area contributed by atoms with Crippen LogP contribution in [-0.4, -0.2) is 46.3 Å². The van der Waals surface area contributed by atoms with Crippen molar-refractivity contribution in [2.45, 2.75) is 45.2 Å². The lowest BCUT2D eigenvalue weighted by atomic mass is 10.1. The van der Waals surface area contributed by atoms with Crippen LogP contribution < -0.4 is 10.6 Å². The van der Waals surface area contributed by atoms with Crippen LogP contribution in [-0.2, 0) is 9.59 Å². The summed E-state index contributed by atoms with van der Waals surface area (Å²) in [5.74, 6) is -0.925. The number of carbonyl (C=O) groups excluding carboxylic acids is 2. The first kappa shape index (κ1) is 15.9. The molecule has 0 radical (unpaired) electrons. The molecule has 0 aromatic carbocycles. The molecule has 0 rings (SSSR count). The Balaban J connectivity index is 4.19. The molecule has 0 aliphatic heterocycles. The number of rotatable bonds is 6. The monoisotopic (exact) mass is 246 g/mol. The van der Waals surface area contributed by atoms with Crippen LogP contribution >= 0.6 is 0 Å². The van der Waals surface area contributed by atoms with Gasteiger partial charge in [0.25, 0.3) is 0 Å². The maximum absolute atomic E-state index is 11.5. The molecule has 0 bridgehead atoms.